The minimum absolute atomic E-state index is 0.225. The molecule has 2 aliphatic heterocycles. The first kappa shape index (κ1) is 7.30. The van der Waals surface area contributed by atoms with Crippen molar-refractivity contribution in [1.82, 2.24) is 16.0 Å². The molecule has 0 aliphatic carbocycles. The fraction of sp³-hybridized carbons (Fsp3) is 0.429. The maximum Gasteiger partial charge on any atom is 0.325 e. The van der Waals surface area contributed by atoms with Crippen LogP contribution in [0.25, 0.3) is 0 Å². The maximum absolute atomic E-state index is 11.2. The molecule has 2 rings (SSSR count). The Bertz CT molecular complexity index is 272. The van der Waals surface area contributed by atoms with Crippen molar-refractivity contribution in [1.29, 1.82) is 0 Å². The number of carbonyl (C=O) groups excluding carboxylic acids is 2. The van der Waals surface area contributed by atoms with Crippen LogP contribution < -0.4 is 16.0 Å². The Balaban J connectivity index is 2.25. The number of urea groups is 1. The zero-order valence-electron chi connectivity index (χ0n) is 6.39. The molecule has 0 spiro atoms. The van der Waals surface area contributed by atoms with Gasteiger partial charge >= 0.3 is 6.03 Å². The Morgan fingerprint density at radius 2 is 2.17 bits per heavy atom. The Labute approximate surface area is 69.2 Å². The molecule has 0 radical (unpaired) electrons. The topological polar surface area (TPSA) is 70.2 Å². The molecule has 5 nitrogen and oxygen atoms in total. The van der Waals surface area contributed by atoms with E-state index in [0.29, 0.717) is 13.1 Å². The van der Waals surface area contributed by atoms with Crippen LogP contribution in [0.1, 0.15) is 0 Å². The number of hydrogen-bond acceptors (Lipinski definition) is 3. The number of amides is 3. The maximum atomic E-state index is 11.2. The third kappa shape index (κ3) is 1.08. The summed E-state index contributed by atoms with van der Waals surface area (Å²) in [5, 5.41) is 7.85. The van der Waals surface area contributed by atoms with Crippen molar-refractivity contribution in [3.8, 4) is 0 Å². The number of hydrogen-bond donors (Lipinski definition) is 3. The lowest BCUT2D eigenvalue weighted by atomic mass is 10.00. The summed E-state index contributed by atoms with van der Waals surface area (Å²) in [6.45, 7) is 1.30. The Morgan fingerprint density at radius 1 is 1.33 bits per heavy atom. The molecule has 5 heteroatoms. The van der Waals surface area contributed by atoms with Gasteiger partial charge in [0.1, 0.15) is 0 Å². The summed E-state index contributed by atoms with van der Waals surface area (Å²) >= 11 is 0. The molecule has 12 heavy (non-hydrogen) atoms. The average molecular weight is 167 g/mol. The van der Waals surface area contributed by atoms with Crippen molar-refractivity contribution in [3.63, 3.8) is 0 Å². The second kappa shape index (κ2) is 2.60. The third-order valence-electron chi connectivity index (χ3n) is 2.00. The van der Waals surface area contributed by atoms with E-state index in [1.54, 1.807) is 0 Å². The van der Waals surface area contributed by atoms with E-state index in [4.69, 9.17) is 0 Å². The zero-order valence-corrected chi connectivity index (χ0v) is 6.39. The Hall–Kier alpha value is -1.36. The summed E-state index contributed by atoms with van der Waals surface area (Å²) in [5.74, 6) is -0.450. The standard InChI is InChI=1S/C7H9N3O2/c11-6-4-3-8-2-1-5(4)9-7(12)10-6/h1,4,8H,2-3H2,(H2,9,10,11,12)/t4-/m1/s1. The molecule has 0 saturated carbocycles. The van der Waals surface area contributed by atoms with Crippen LogP contribution in [0.5, 0.6) is 0 Å². The summed E-state index contributed by atoms with van der Waals surface area (Å²) in [7, 11) is 0. The minimum atomic E-state index is -0.426. The van der Waals surface area contributed by atoms with E-state index < -0.39 is 6.03 Å². The molecule has 0 aromatic carbocycles. The predicted octanol–water partition coefficient (Wildman–Crippen LogP) is -1.07. The lowest BCUT2D eigenvalue weighted by molar-refractivity contribution is -0.123. The van der Waals surface area contributed by atoms with E-state index in [9.17, 15) is 9.59 Å². The van der Waals surface area contributed by atoms with Gasteiger partial charge in [-0.25, -0.2) is 4.79 Å². The van der Waals surface area contributed by atoms with Gasteiger partial charge in [0, 0.05) is 18.8 Å². The van der Waals surface area contributed by atoms with Gasteiger partial charge < -0.3 is 10.6 Å². The molecule has 0 bridgehead atoms. The van der Waals surface area contributed by atoms with Crippen LogP contribution in [0.2, 0.25) is 0 Å². The lowest BCUT2D eigenvalue weighted by Gasteiger charge is -2.28. The summed E-state index contributed by atoms with van der Waals surface area (Å²) in [6, 6.07) is -0.426. The van der Waals surface area contributed by atoms with E-state index >= 15 is 0 Å². The quantitative estimate of drug-likeness (QED) is 0.430. The van der Waals surface area contributed by atoms with Gasteiger partial charge in [-0.1, -0.05) is 6.08 Å². The van der Waals surface area contributed by atoms with Gasteiger partial charge in [0.2, 0.25) is 5.91 Å². The molecule has 0 aromatic rings. The van der Waals surface area contributed by atoms with Crippen molar-refractivity contribution in [3.05, 3.63) is 11.8 Å². The molecule has 1 fully saturated rings. The van der Waals surface area contributed by atoms with E-state index in [-0.39, 0.29) is 11.8 Å². The van der Waals surface area contributed by atoms with Gasteiger partial charge in [0.25, 0.3) is 0 Å². The summed E-state index contributed by atoms with van der Waals surface area (Å²) in [6.07, 6.45) is 1.82. The van der Waals surface area contributed by atoms with E-state index in [2.05, 4.69) is 16.0 Å². The van der Waals surface area contributed by atoms with Gasteiger partial charge in [0.05, 0.1) is 5.92 Å². The second-order valence-corrected chi connectivity index (χ2v) is 2.81. The largest absolute Gasteiger partial charge is 0.325 e. The monoisotopic (exact) mass is 167 g/mol. The van der Waals surface area contributed by atoms with Crippen molar-refractivity contribution in [2.24, 2.45) is 5.92 Å². The van der Waals surface area contributed by atoms with Gasteiger partial charge in [0.15, 0.2) is 0 Å². The minimum Gasteiger partial charge on any atom is -0.312 e. The van der Waals surface area contributed by atoms with Crippen molar-refractivity contribution < 1.29 is 9.59 Å². The molecule has 3 amide bonds. The molecule has 2 aliphatic rings. The number of imide groups is 1. The van der Waals surface area contributed by atoms with Gasteiger partial charge in [-0.15, -0.1) is 0 Å². The molecule has 3 N–H and O–H groups in total. The van der Waals surface area contributed by atoms with Crippen molar-refractivity contribution in [2.45, 2.75) is 0 Å². The SMILES string of the molecule is O=C1NC(=O)[C@@H]2CNCC=C2N1. The van der Waals surface area contributed by atoms with Crippen LogP contribution in [-0.2, 0) is 4.79 Å². The van der Waals surface area contributed by atoms with Crippen LogP contribution in [-0.4, -0.2) is 25.0 Å². The van der Waals surface area contributed by atoms with Gasteiger partial charge in [-0.2, -0.15) is 0 Å². The first-order chi connectivity index (χ1) is 5.77. The van der Waals surface area contributed by atoms with E-state index in [1.807, 2.05) is 6.08 Å². The van der Waals surface area contributed by atoms with Crippen LogP contribution in [0.4, 0.5) is 4.79 Å². The van der Waals surface area contributed by atoms with Crippen LogP contribution in [0, 0.1) is 5.92 Å². The van der Waals surface area contributed by atoms with Gasteiger partial charge in [-0.3, -0.25) is 10.1 Å². The highest BCUT2D eigenvalue weighted by Crippen LogP contribution is 2.13. The number of rotatable bonds is 0. The fourth-order valence-corrected chi connectivity index (χ4v) is 1.40. The molecule has 0 unspecified atom stereocenters. The third-order valence-corrected chi connectivity index (χ3v) is 2.00. The number of nitrogens with one attached hydrogen (secondary N) is 3. The van der Waals surface area contributed by atoms with Crippen molar-refractivity contribution >= 4 is 11.9 Å². The molecular formula is C7H9N3O2. The zero-order chi connectivity index (χ0) is 8.55. The lowest BCUT2D eigenvalue weighted by Crippen LogP contribution is -2.54. The summed E-state index contributed by atoms with van der Waals surface area (Å²) in [4.78, 5) is 22.0. The smallest absolute Gasteiger partial charge is 0.312 e. The first-order valence-corrected chi connectivity index (χ1v) is 3.80. The summed E-state index contributed by atoms with van der Waals surface area (Å²) < 4.78 is 0. The molecule has 0 aromatic heterocycles. The molecule has 2 heterocycles. The highest BCUT2D eigenvalue weighted by molar-refractivity contribution is 6.00. The predicted molar refractivity (Wildman–Crippen MR) is 41.1 cm³/mol. The van der Waals surface area contributed by atoms with Crippen LogP contribution in [0.15, 0.2) is 11.8 Å². The first-order valence-electron chi connectivity index (χ1n) is 3.80. The normalized spacial score (nSPS) is 28.3. The average Bonchev–Trinajstić information content (AvgIpc) is 2.04. The fourth-order valence-electron chi connectivity index (χ4n) is 1.40. The molecule has 1 atom stereocenters. The van der Waals surface area contributed by atoms with E-state index in [0.717, 1.165) is 5.70 Å². The Morgan fingerprint density at radius 3 is 3.00 bits per heavy atom. The molecule has 1 saturated heterocycles. The molecular weight excluding hydrogens is 158 g/mol. The van der Waals surface area contributed by atoms with E-state index in [1.165, 1.54) is 0 Å². The molecule has 64 valence electrons. The highest BCUT2D eigenvalue weighted by Gasteiger charge is 2.31. The van der Waals surface area contributed by atoms with Crippen LogP contribution in [0.3, 0.4) is 0 Å². The summed E-state index contributed by atoms with van der Waals surface area (Å²) in [5.41, 5.74) is 0.725. The van der Waals surface area contributed by atoms with Gasteiger partial charge in [-0.05, 0) is 0 Å². The number of carbonyl (C=O) groups is 2. The van der Waals surface area contributed by atoms with Crippen molar-refractivity contribution in [2.75, 3.05) is 13.1 Å². The van der Waals surface area contributed by atoms with Crippen LogP contribution >= 0.6 is 0 Å². The highest BCUT2D eigenvalue weighted by atomic mass is 16.2. The Kier molecular flexibility index (Phi) is 1.58. The second-order valence-electron chi connectivity index (χ2n) is 2.81. The number of fused-ring (bicyclic) bond motifs is 1.